The van der Waals surface area contributed by atoms with Gasteiger partial charge in [-0.1, -0.05) is 46.9 Å². The summed E-state index contributed by atoms with van der Waals surface area (Å²) < 4.78 is 0.614. The van der Waals surface area contributed by atoms with E-state index in [-0.39, 0.29) is 19.3 Å². The molecule has 0 aliphatic heterocycles. The van der Waals surface area contributed by atoms with Crippen LogP contribution in [0.5, 0.6) is 0 Å². The van der Waals surface area contributed by atoms with Crippen molar-refractivity contribution >= 4 is 28.3 Å². The summed E-state index contributed by atoms with van der Waals surface area (Å²) in [7, 11) is 5.83. The maximum atomic E-state index is 5.83. The molecule has 0 N–H and O–H groups in total. The fourth-order valence-corrected chi connectivity index (χ4v) is 1.86. The molecule has 1 rings (SSSR count). The first-order valence-electron chi connectivity index (χ1n) is 3.45. The molecule has 0 radical (unpaired) electrons. The first-order chi connectivity index (χ1) is 4.84. The zero-order valence-electron chi connectivity index (χ0n) is 6.05. The molecule has 1 atom stereocenters. The molecule has 0 heterocycles. The molecule has 1 aromatic carbocycles. The molecule has 0 amide bonds. The lowest BCUT2D eigenvalue weighted by Gasteiger charge is -2.04. The summed E-state index contributed by atoms with van der Waals surface area (Å²) in [4.78, 5) is 0. The van der Waals surface area contributed by atoms with Gasteiger partial charge in [-0.15, -0.1) is 0 Å². The molecule has 0 nitrogen and oxygen atoms in total. The maximum absolute atomic E-state index is 5.83. The molecular weight excluding hydrogens is 156 g/mol. The Balaban J connectivity index is 2.75. The minimum Gasteiger partial charge on any atom is -0.345 e. The molecule has 0 aliphatic carbocycles. The van der Waals surface area contributed by atoms with E-state index in [9.17, 15) is 0 Å². The highest BCUT2D eigenvalue weighted by atomic mass is 35.5. The molecule has 0 saturated heterocycles. The third kappa shape index (κ3) is 2.15. The van der Waals surface area contributed by atoms with Crippen LogP contribution in [-0.4, -0.2) is 19.3 Å². The molecule has 0 spiro atoms. The van der Waals surface area contributed by atoms with Gasteiger partial charge in [0.2, 0.25) is 0 Å². The Morgan fingerprint density at radius 3 is 2.40 bits per heavy atom. The van der Waals surface area contributed by atoms with Crippen molar-refractivity contribution < 1.29 is 0 Å². The van der Waals surface area contributed by atoms with Crippen LogP contribution in [0.2, 0.25) is 0 Å². The highest BCUT2D eigenvalue weighted by molar-refractivity contribution is 6.94. The molecule has 1 aromatic rings. The standard InChI is InChI=1S/C8H9.ClH.Mg/c1-2-8-6-4-3-5-7-8;;/h2-7H,1H3;1H;/q;;+1/p-1. The van der Waals surface area contributed by atoms with Gasteiger partial charge >= 0.3 is 19.3 Å². The van der Waals surface area contributed by atoms with Crippen LogP contribution < -0.4 is 0 Å². The van der Waals surface area contributed by atoms with Crippen LogP contribution in [0.25, 0.3) is 0 Å². The van der Waals surface area contributed by atoms with E-state index in [1.165, 1.54) is 5.56 Å². The van der Waals surface area contributed by atoms with Gasteiger partial charge in [-0.2, -0.15) is 0 Å². The van der Waals surface area contributed by atoms with E-state index in [2.05, 4.69) is 31.2 Å². The number of hydrogen-bond donors (Lipinski definition) is 0. The van der Waals surface area contributed by atoms with Gasteiger partial charge in [0.05, 0.1) is 0 Å². The van der Waals surface area contributed by atoms with E-state index < -0.39 is 0 Å². The molecule has 0 aromatic heterocycles. The smallest absolute Gasteiger partial charge is 0.345 e. The zero-order valence-corrected chi connectivity index (χ0v) is 8.22. The molecule has 2 heteroatoms. The van der Waals surface area contributed by atoms with E-state index in [1.807, 2.05) is 6.07 Å². The van der Waals surface area contributed by atoms with Crippen molar-refractivity contribution in [3.8, 4) is 0 Å². The Labute approximate surface area is 75.1 Å². The van der Waals surface area contributed by atoms with Crippen LogP contribution in [0.15, 0.2) is 30.3 Å². The first-order valence-corrected chi connectivity index (χ1v) is 6.41. The monoisotopic (exact) mass is 164 g/mol. The van der Waals surface area contributed by atoms with E-state index in [0.29, 0.717) is 4.05 Å². The Morgan fingerprint density at radius 2 is 1.90 bits per heavy atom. The van der Waals surface area contributed by atoms with Crippen molar-refractivity contribution in [1.29, 1.82) is 0 Å². The average Bonchev–Trinajstić information content (AvgIpc) is 2.05. The minimum absolute atomic E-state index is 0.388. The fourth-order valence-electron chi connectivity index (χ4n) is 0.871. The van der Waals surface area contributed by atoms with Crippen molar-refractivity contribution in [2.75, 3.05) is 0 Å². The van der Waals surface area contributed by atoms with Crippen molar-refractivity contribution in [2.45, 2.75) is 11.0 Å². The van der Waals surface area contributed by atoms with E-state index in [1.54, 1.807) is 0 Å². The first kappa shape index (κ1) is 8.37. The van der Waals surface area contributed by atoms with Crippen LogP contribution in [0, 0.1) is 0 Å². The van der Waals surface area contributed by atoms with E-state index in [0.717, 1.165) is 0 Å². The highest BCUT2D eigenvalue weighted by Gasteiger charge is 2.05. The summed E-state index contributed by atoms with van der Waals surface area (Å²) in [5.41, 5.74) is 1.38. The van der Waals surface area contributed by atoms with Gasteiger partial charge in [0, 0.05) is 0 Å². The molecule has 0 bridgehead atoms. The lowest BCUT2D eigenvalue weighted by atomic mass is 10.2. The Morgan fingerprint density at radius 1 is 1.30 bits per heavy atom. The number of halogens is 1. The summed E-state index contributed by atoms with van der Waals surface area (Å²) in [5, 5.41) is 0. The summed E-state index contributed by atoms with van der Waals surface area (Å²) in [6.45, 7) is 2.19. The van der Waals surface area contributed by atoms with E-state index in [4.69, 9.17) is 9.07 Å². The molecule has 1 unspecified atom stereocenters. The largest absolute Gasteiger partial charge is 0.508 e. The molecular formula is C8H9ClMg. The van der Waals surface area contributed by atoms with E-state index >= 15 is 0 Å². The summed E-state index contributed by atoms with van der Waals surface area (Å²) in [6, 6.07) is 10.4. The predicted molar refractivity (Wildman–Crippen MR) is 46.5 cm³/mol. The number of benzene rings is 1. The zero-order chi connectivity index (χ0) is 7.40. The van der Waals surface area contributed by atoms with Crippen LogP contribution in [0.3, 0.4) is 0 Å². The van der Waals surface area contributed by atoms with Gasteiger partial charge in [-0.25, -0.2) is 0 Å². The average molecular weight is 165 g/mol. The normalized spacial score (nSPS) is 12.2. The van der Waals surface area contributed by atoms with Crippen LogP contribution in [-0.2, 0) is 0 Å². The van der Waals surface area contributed by atoms with Gasteiger partial charge in [-0.05, 0) is 0 Å². The lowest BCUT2D eigenvalue weighted by molar-refractivity contribution is 1.08. The van der Waals surface area contributed by atoms with Gasteiger partial charge in [-0.3, -0.25) is 0 Å². The predicted octanol–water partition coefficient (Wildman–Crippen LogP) is 2.61. The fraction of sp³-hybridized carbons (Fsp3) is 0.250. The second-order valence-electron chi connectivity index (χ2n) is 2.47. The SMILES string of the molecule is C[CH]([Mg][Cl])c1ccccc1. The maximum Gasteiger partial charge on any atom is 0.508 e. The molecule has 10 heavy (non-hydrogen) atoms. The Bertz CT molecular complexity index is 186. The second kappa shape index (κ2) is 4.22. The summed E-state index contributed by atoms with van der Waals surface area (Å²) >= 11 is -0.388. The third-order valence-corrected chi connectivity index (χ3v) is 3.92. The van der Waals surface area contributed by atoms with Crippen molar-refractivity contribution in [3.05, 3.63) is 35.9 Å². The summed E-state index contributed by atoms with van der Waals surface area (Å²) in [5.74, 6) is 0. The molecule has 0 saturated carbocycles. The second-order valence-corrected chi connectivity index (χ2v) is 4.93. The van der Waals surface area contributed by atoms with Crippen molar-refractivity contribution in [3.63, 3.8) is 0 Å². The third-order valence-electron chi connectivity index (χ3n) is 1.60. The van der Waals surface area contributed by atoms with Gasteiger partial charge in [0.1, 0.15) is 0 Å². The van der Waals surface area contributed by atoms with Crippen molar-refractivity contribution in [2.24, 2.45) is 0 Å². The van der Waals surface area contributed by atoms with Crippen LogP contribution >= 0.6 is 9.07 Å². The lowest BCUT2D eigenvalue weighted by Crippen LogP contribution is -1.96. The quantitative estimate of drug-likeness (QED) is 0.590. The topological polar surface area (TPSA) is 0 Å². The Kier molecular flexibility index (Phi) is 3.53. The molecule has 0 aliphatic rings. The highest BCUT2D eigenvalue weighted by Crippen LogP contribution is 2.13. The Hall–Kier alpha value is 0.276. The van der Waals surface area contributed by atoms with Crippen LogP contribution in [0.4, 0.5) is 0 Å². The van der Waals surface area contributed by atoms with Gasteiger partial charge in [0.25, 0.3) is 0 Å². The summed E-state index contributed by atoms with van der Waals surface area (Å²) in [6.07, 6.45) is 0. The van der Waals surface area contributed by atoms with Gasteiger partial charge < -0.3 is 9.07 Å². The molecule has 50 valence electrons. The molecule has 0 fully saturated rings. The van der Waals surface area contributed by atoms with Gasteiger partial charge in [0.15, 0.2) is 0 Å². The number of rotatable bonds is 2. The van der Waals surface area contributed by atoms with Crippen molar-refractivity contribution in [1.82, 2.24) is 0 Å². The minimum atomic E-state index is -0.388. The van der Waals surface area contributed by atoms with Crippen LogP contribution in [0.1, 0.15) is 16.5 Å². The number of hydrogen-bond acceptors (Lipinski definition) is 0.